The monoisotopic (exact) mass is 309 g/mol. The van der Waals surface area contributed by atoms with E-state index in [-0.39, 0.29) is 29.8 Å². The largest absolute Gasteiger partial charge is 0.465 e. The molecule has 1 aromatic rings. The standard InChI is InChI=1S/C14H19N3O5/c1-9(18)15-12-5-6-17(14(20)16-12)13-4-3-11(8-22-13)7-21-10(2)19/h5-6,11,13H,3-4,7-8H2,1-2H3,(H,15,16,18,20). The minimum absolute atomic E-state index is 0.141. The molecule has 2 atom stereocenters. The summed E-state index contributed by atoms with van der Waals surface area (Å²) in [6, 6.07) is 1.55. The van der Waals surface area contributed by atoms with E-state index in [0.29, 0.717) is 19.6 Å². The van der Waals surface area contributed by atoms with Gasteiger partial charge >= 0.3 is 11.7 Å². The number of carbonyl (C=O) groups is 2. The summed E-state index contributed by atoms with van der Waals surface area (Å²) in [5, 5.41) is 2.46. The number of aromatic nitrogens is 2. The fraction of sp³-hybridized carbons (Fsp3) is 0.571. The number of anilines is 1. The van der Waals surface area contributed by atoms with Gasteiger partial charge in [0, 0.05) is 26.0 Å². The number of rotatable bonds is 4. The summed E-state index contributed by atoms with van der Waals surface area (Å²) in [7, 11) is 0. The molecule has 1 saturated heterocycles. The second-order valence-corrected chi connectivity index (χ2v) is 5.22. The highest BCUT2D eigenvalue weighted by molar-refractivity contribution is 5.87. The number of amides is 1. The highest BCUT2D eigenvalue weighted by Crippen LogP contribution is 2.25. The summed E-state index contributed by atoms with van der Waals surface area (Å²) in [5.74, 6) is -0.234. The molecule has 1 N–H and O–H groups in total. The number of nitrogens with one attached hydrogen (secondary N) is 1. The third-order valence-corrected chi connectivity index (χ3v) is 3.31. The minimum Gasteiger partial charge on any atom is -0.465 e. The molecular formula is C14H19N3O5. The summed E-state index contributed by atoms with van der Waals surface area (Å²) in [4.78, 5) is 37.5. The Kier molecular flexibility index (Phi) is 5.26. The van der Waals surface area contributed by atoms with Gasteiger partial charge in [0.15, 0.2) is 0 Å². The molecule has 8 heteroatoms. The van der Waals surface area contributed by atoms with E-state index in [1.54, 1.807) is 12.3 Å². The maximum atomic E-state index is 12.0. The van der Waals surface area contributed by atoms with Crippen molar-refractivity contribution in [2.75, 3.05) is 18.5 Å². The molecule has 0 spiro atoms. The van der Waals surface area contributed by atoms with Crippen molar-refractivity contribution in [1.82, 2.24) is 9.55 Å². The highest BCUT2D eigenvalue weighted by Gasteiger charge is 2.24. The Hall–Kier alpha value is -2.22. The molecule has 1 amide bonds. The van der Waals surface area contributed by atoms with Crippen molar-refractivity contribution in [3.8, 4) is 0 Å². The van der Waals surface area contributed by atoms with Crippen molar-refractivity contribution in [3.63, 3.8) is 0 Å². The molecule has 2 heterocycles. The maximum absolute atomic E-state index is 12.0. The molecule has 0 bridgehead atoms. The smallest absolute Gasteiger partial charge is 0.351 e. The molecule has 2 rings (SSSR count). The minimum atomic E-state index is -0.477. The Morgan fingerprint density at radius 1 is 1.45 bits per heavy atom. The predicted molar refractivity (Wildman–Crippen MR) is 77.1 cm³/mol. The van der Waals surface area contributed by atoms with E-state index < -0.39 is 5.69 Å². The quantitative estimate of drug-likeness (QED) is 0.821. The van der Waals surface area contributed by atoms with Gasteiger partial charge in [-0.25, -0.2) is 4.79 Å². The van der Waals surface area contributed by atoms with Crippen molar-refractivity contribution >= 4 is 17.7 Å². The van der Waals surface area contributed by atoms with Gasteiger partial charge in [-0.1, -0.05) is 0 Å². The predicted octanol–water partition coefficient (Wildman–Crippen LogP) is 0.690. The normalized spacial score (nSPS) is 21.2. The van der Waals surface area contributed by atoms with Crippen molar-refractivity contribution in [2.45, 2.75) is 32.9 Å². The Balaban J connectivity index is 1.95. The SMILES string of the molecule is CC(=O)Nc1ccn(C2CCC(COC(C)=O)CO2)c(=O)n1. The molecule has 22 heavy (non-hydrogen) atoms. The van der Waals surface area contributed by atoms with Gasteiger partial charge in [-0.3, -0.25) is 14.2 Å². The zero-order chi connectivity index (χ0) is 16.1. The first kappa shape index (κ1) is 16.2. The Labute approximate surface area is 127 Å². The van der Waals surface area contributed by atoms with E-state index >= 15 is 0 Å². The second-order valence-electron chi connectivity index (χ2n) is 5.22. The zero-order valence-corrected chi connectivity index (χ0v) is 12.6. The van der Waals surface area contributed by atoms with Crippen LogP contribution < -0.4 is 11.0 Å². The number of hydrogen-bond donors (Lipinski definition) is 1. The second kappa shape index (κ2) is 7.17. The van der Waals surface area contributed by atoms with Crippen molar-refractivity contribution in [3.05, 3.63) is 22.7 Å². The van der Waals surface area contributed by atoms with Crippen molar-refractivity contribution in [2.24, 2.45) is 5.92 Å². The van der Waals surface area contributed by atoms with Crippen LogP contribution in [-0.4, -0.2) is 34.6 Å². The van der Waals surface area contributed by atoms with Gasteiger partial charge in [0.25, 0.3) is 0 Å². The molecule has 8 nitrogen and oxygen atoms in total. The molecule has 1 aliphatic rings. The van der Waals surface area contributed by atoms with E-state index in [2.05, 4.69) is 10.3 Å². The summed E-state index contributed by atoms with van der Waals surface area (Å²) in [5.41, 5.74) is -0.477. The fourth-order valence-corrected chi connectivity index (χ4v) is 2.26. The third kappa shape index (κ3) is 4.39. The van der Waals surface area contributed by atoms with Crippen LogP contribution in [0.1, 0.15) is 32.9 Å². The number of ether oxygens (including phenoxy) is 2. The maximum Gasteiger partial charge on any atom is 0.351 e. The van der Waals surface area contributed by atoms with Crippen molar-refractivity contribution < 1.29 is 19.1 Å². The molecular weight excluding hydrogens is 290 g/mol. The van der Waals surface area contributed by atoms with Crippen LogP contribution in [0.15, 0.2) is 17.1 Å². The van der Waals surface area contributed by atoms with Gasteiger partial charge in [0.2, 0.25) is 5.91 Å². The summed E-state index contributed by atoms with van der Waals surface area (Å²) in [6.45, 7) is 3.46. The van der Waals surface area contributed by atoms with Crippen molar-refractivity contribution in [1.29, 1.82) is 0 Å². The van der Waals surface area contributed by atoms with Crippen LogP contribution in [0.3, 0.4) is 0 Å². The van der Waals surface area contributed by atoms with E-state index in [1.165, 1.54) is 18.4 Å². The number of carbonyl (C=O) groups excluding carboxylic acids is 2. The number of hydrogen-bond acceptors (Lipinski definition) is 6. The lowest BCUT2D eigenvalue weighted by atomic mass is 10.0. The van der Waals surface area contributed by atoms with Crippen LogP contribution in [-0.2, 0) is 19.1 Å². The Morgan fingerprint density at radius 3 is 2.77 bits per heavy atom. The molecule has 0 radical (unpaired) electrons. The van der Waals surface area contributed by atoms with Crippen LogP contribution in [0.25, 0.3) is 0 Å². The van der Waals surface area contributed by atoms with Crippen LogP contribution in [0.2, 0.25) is 0 Å². The first-order valence-corrected chi connectivity index (χ1v) is 7.07. The van der Waals surface area contributed by atoms with E-state index in [4.69, 9.17) is 9.47 Å². The lowest BCUT2D eigenvalue weighted by Crippen LogP contribution is -2.34. The van der Waals surface area contributed by atoms with Gasteiger partial charge in [-0.05, 0) is 18.9 Å². The van der Waals surface area contributed by atoms with E-state index in [0.717, 1.165) is 6.42 Å². The molecule has 1 fully saturated rings. The highest BCUT2D eigenvalue weighted by atomic mass is 16.5. The first-order chi connectivity index (χ1) is 10.5. The topological polar surface area (TPSA) is 99.5 Å². The molecule has 0 aromatic carbocycles. The van der Waals surface area contributed by atoms with Crippen LogP contribution in [0, 0.1) is 5.92 Å². The molecule has 1 aliphatic heterocycles. The fourth-order valence-electron chi connectivity index (χ4n) is 2.26. The van der Waals surface area contributed by atoms with Crippen LogP contribution in [0.4, 0.5) is 5.82 Å². The Morgan fingerprint density at radius 2 is 2.23 bits per heavy atom. The van der Waals surface area contributed by atoms with Gasteiger partial charge in [0.05, 0.1) is 13.2 Å². The van der Waals surface area contributed by atoms with Crippen LogP contribution >= 0.6 is 0 Å². The molecule has 0 aliphatic carbocycles. The number of esters is 1. The molecule has 120 valence electrons. The van der Waals surface area contributed by atoms with Gasteiger partial charge in [0.1, 0.15) is 12.0 Å². The van der Waals surface area contributed by atoms with Gasteiger partial charge in [-0.2, -0.15) is 4.98 Å². The van der Waals surface area contributed by atoms with Gasteiger partial charge in [-0.15, -0.1) is 0 Å². The summed E-state index contributed by atoms with van der Waals surface area (Å²) < 4.78 is 12.0. The summed E-state index contributed by atoms with van der Waals surface area (Å²) in [6.07, 6.45) is 2.59. The third-order valence-electron chi connectivity index (χ3n) is 3.31. The van der Waals surface area contributed by atoms with Gasteiger partial charge < -0.3 is 14.8 Å². The molecule has 2 unspecified atom stereocenters. The average Bonchev–Trinajstić information content (AvgIpc) is 2.45. The summed E-state index contributed by atoms with van der Waals surface area (Å²) >= 11 is 0. The average molecular weight is 309 g/mol. The zero-order valence-electron chi connectivity index (χ0n) is 12.6. The van der Waals surface area contributed by atoms with Crippen LogP contribution in [0.5, 0.6) is 0 Å². The lowest BCUT2D eigenvalue weighted by Gasteiger charge is -2.29. The Bertz CT molecular complexity index is 605. The first-order valence-electron chi connectivity index (χ1n) is 7.07. The molecule has 0 saturated carbocycles. The van der Waals surface area contributed by atoms with E-state index in [1.807, 2.05) is 0 Å². The number of nitrogens with zero attached hydrogens (tertiary/aromatic N) is 2. The van der Waals surface area contributed by atoms with E-state index in [9.17, 15) is 14.4 Å². The lowest BCUT2D eigenvalue weighted by molar-refractivity contribution is -0.145. The molecule has 1 aromatic heterocycles.